The molecule has 0 aliphatic carbocycles. The highest BCUT2D eigenvalue weighted by molar-refractivity contribution is 6.04. The number of nitrogens with zero attached hydrogens (tertiary/aromatic N) is 7. The average molecular weight is 882 g/mol. The summed E-state index contributed by atoms with van der Waals surface area (Å²) < 4.78 is 21.6. The molecule has 340 valence electrons. The largest absolute Gasteiger partial charge is 0.477 e. The number of carbonyl (C=O) groups excluding carboxylic acids is 6. The molecule has 0 aliphatic heterocycles. The third-order valence-corrected chi connectivity index (χ3v) is 8.47. The Balaban J connectivity index is 1.12. The van der Waals surface area contributed by atoms with Crippen molar-refractivity contribution in [2.75, 3.05) is 79.3 Å². The molecule has 0 atom stereocenters. The Morgan fingerprint density at radius 1 is 0.619 bits per heavy atom. The smallest absolute Gasteiger partial charge is 0.352 e. The van der Waals surface area contributed by atoms with E-state index in [0.29, 0.717) is 37.9 Å². The van der Waals surface area contributed by atoms with Crippen LogP contribution in [0.25, 0.3) is 0 Å². The molecule has 63 heavy (non-hydrogen) atoms. The van der Waals surface area contributed by atoms with E-state index in [4.69, 9.17) is 25.7 Å². The average Bonchev–Trinajstić information content (AvgIpc) is 3.97. The van der Waals surface area contributed by atoms with Crippen LogP contribution < -0.4 is 43.4 Å². The van der Waals surface area contributed by atoms with Gasteiger partial charge >= 0.3 is 5.97 Å². The summed E-state index contributed by atoms with van der Waals surface area (Å²) >= 11 is 0. The Morgan fingerprint density at radius 3 is 1.68 bits per heavy atom. The lowest BCUT2D eigenvalue weighted by atomic mass is 10.3. The van der Waals surface area contributed by atoms with Gasteiger partial charge in [-0.05, 0) is 6.07 Å². The molecule has 26 heteroatoms. The molecule has 0 aromatic carbocycles. The molecule has 0 saturated carbocycles. The number of nitrogens with one attached hydrogen (secondary N) is 6. The first kappa shape index (κ1) is 48.1. The van der Waals surface area contributed by atoms with Gasteiger partial charge in [0.25, 0.3) is 11.8 Å². The molecular formula is C37H51N15O11. The number of ether oxygens (including phenoxy) is 3. The van der Waals surface area contributed by atoms with E-state index in [1.165, 1.54) is 58.5 Å². The molecule has 6 amide bonds. The van der Waals surface area contributed by atoms with E-state index in [1.807, 2.05) is 0 Å². The highest BCUT2D eigenvalue weighted by atomic mass is 16.5. The van der Waals surface area contributed by atoms with E-state index >= 15 is 0 Å². The van der Waals surface area contributed by atoms with Crippen LogP contribution in [0, 0.1) is 0 Å². The van der Waals surface area contributed by atoms with E-state index in [1.54, 1.807) is 24.9 Å². The van der Waals surface area contributed by atoms with Gasteiger partial charge < -0.3 is 81.0 Å². The summed E-state index contributed by atoms with van der Waals surface area (Å²) in [6.45, 7) is 1.66. The van der Waals surface area contributed by atoms with Crippen LogP contribution in [0.4, 0.5) is 28.8 Å². The van der Waals surface area contributed by atoms with Gasteiger partial charge in [0, 0.05) is 84.9 Å². The van der Waals surface area contributed by atoms with Gasteiger partial charge in [-0.15, -0.1) is 0 Å². The standard InChI is InChI=1S/C37H51N15O11/c1-49-17-22(15-24(49)36(59)60)42-34(57)32-46-25(19-51(32)3)44-28(53)5-6-29(54)48-27-16-23(18-50(27)2)43-35(58)33-47-26(20-52(33)4)45-30(55)7-8-40-31(56)21-63-14-13-62-12-11-61-10-9-41-37(38)39/h15-20H,5-14,21H2,1-4H3,(H,40,56)(H,42,57)(H,43,58)(H,44,53)(H,45,55)(H,48,54)(H,59,60)(H4,38,39,41). The lowest BCUT2D eigenvalue weighted by molar-refractivity contribution is -0.126. The molecule has 0 aliphatic rings. The van der Waals surface area contributed by atoms with Crippen LogP contribution in [0.3, 0.4) is 0 Å². The number of hydrogen-bond donors (Lipinski definition) is 9. The number of aromatic nitrogens is 6. The van der Waals surface area contributed by atoms with Gasteiger partial charge in [0.15, 0.2) is 17.6 Å². The van der Waals surface area contributed by atoms with Crippen LogP contribution in [-0.2, 0) is 61.6 Å². The van der Waals surface area contributed by atoms with Crippen molar-refractivity contribution in [1.82, 2.24) is 33.6 Å². The summed E-state index contributed by atoms with van der Waals surface area (Å²) in [7, 11) is 6.26. The minimum Gasteiger partial charge on any atom is -0.477 e. The highest BCUT2D eigenvalue weighted by Gasteiger charge is 2.20. The van der Waals surface area contributed by atoms with Gasteiger partial charge in [0.1, 0.15) is 18.1 Å². The van der Waals surface area contributed by atoms with Gasteiger partial charge in [-0.3, -0.25) is 33.8 Å². The summed E-state index contributed by atoms with van der Waals surface area (Å²) in [6.07, 6.45) is 5.34. The summed E-state index contributed by atoms with van der Waals surface area (Å²) in [5, 5.41) is 24.9. The Kier molecular flexibility index (Phi) is 17.9. The number of imidazole rings is 2. The zero-order valence-electron chi connectivity index (χ0n) is 35.1. The van der Waals surface area contributed by atoms with Crippen molar-refractivity contribution in [3.63, 3.8) is 0 Å². The van der Waals surface area contributed by atoms with Gasteiger partial charge in [0.2, 0.25) is 35.3 Å². The number of guanidine groups is 1. The molecule has 4 aromatic rings. The molecular weight excluding hydrogens is 831 g/mol. The maximum absolute atomic E-state index is 13.1. The van der Waals surface area contributed by atoms with Crippen LogP contribution in [0.15, 0.2) is 41.9 Å². The number of carboxylic acid groups (broad SMARTS) is 1. The first-order valence-electron chi connectivity index (χ1n) is 19.2. The van der Waals surface area contributed by atoms with E-state index in [-0.39, 0.29) is 86.3 Å². The van der Waals surface area contributed by atoms with E-state index in [9.17, 15) is 38.7 Å². The number of carbonyl (C=O) groups is 7. The van der Waals surface area contributed by atoms with Gasteiger partial charge in [-0.1, -0.05) is 0 Å². The van der Waals surface area contributed by atoms with Crippen LogP contribution in [0.1, 0.15) is 51.0 Å². The zero-order chi connectivity index (χ0) is 46.1. The second-order valence-corrected chi connectivity index (χ2v) is 13.6. The molecule has 0 fully saturated rings. The number of aliphatic imine (C=N–C) groups is 1. The maximum atomic E-state index is 13.1. The SMILES string of the molecule is Cn1cc(NC(=O)c2nc(NC(=O)CCNC(=O)COCCOCCOCCN=C(N)N)cn2C)cc1NC(=O)CCC(=O)Nc1cn(C)c(C(=O)Nc2cc(C(=O)O)n(C)c2)n1. The molecule has 0 saturated heterocycles. The van der Waals surface area contributed by atoms with E-state index in [2.05, 4.69) is 46.9 Å². The Morgan fingerprint density at radius 2 is 1.13 bits per heavy atom. The number of aryl methyl sites for hydroxylation is 4. The number of nitrogens with two attached hydrogens (primary N) is 2. The van der Waals surface area contributed by atoms with Gasteiger partial charge in [-0.2, -0.15) is 0 Å². The highest BCUT2D eigenvalue weighted by Crippen LogP contribution is 2.20. The molecule has 4 rings (SSSR count). The molecule has 0 spiro atoms. The Labute approximate surface area is 359 Å². The fourth-order valence-corrected chi connectivity index (χ4v) is 5.51. The van der Waals surface area contributed by atoms with Gasteiger partial charge in [0.05, 0.1) is 51.0 Å². The van der Waals surface area contributed by atoms with Crippen molar-refractivity contribution in [1.29, 1.82) is 0 Å². The number of amides is 6. The molecule has 4 aromatic heterocycles. The molecule has 0 unspecified atom stereocenters. The Bertz CT molecular complexity index is 2300. The van der Waals surface area contributed by atoms with E-state index < -0.39 is 41.4 Å². The molecule has 0 radical (unpaired) electrons. The molecule has 0 bridgehead atoms. The number of anilines is 5. The summed E-state index contributed by atoms with van der Waals surface area (Å²) in [5.41, 5.74) is 11.0. The van der Waals surface area contributed by atoms with Crippen molar-refractivity contribution in [2.24, 2.45) is 44.7 Å². The first-order valence-corrected chi connectivity index (χ1v) is 19.2. The monoisotopic (exact) mass is 881 g/mol. The predicted molar refractivity (Wildman–Crippen MR) is 226 cm³/mol. The second kappa shape index (κ2) is 23.4. The molecule has 11 N–H and O–H groups in total. The van der Waals surface area contributed by atoms with Crippen LogP contribution in [0.2, 0.25) is 0 Å². The fraction of sp³-hybridized carbons (Fsp3) is 0.405. The summed E-state index contributed by atoms with van der Waals surface area (Å²) in [6, 6.07) is 2.80. The number of carboxylic acids is 1. The molecule has 4 heterocycles. The zero-order valence-corrected chi connectivity index (χ0v) is 35.1. The number of aromatic carboxylic acids is 1. The number of rotatable bonds is 25. The first-order chi connectivity index (χ1) is 30.0. The van der Waals surface area contributed by atoms with Crippen LogP contribution in [0.5, 0.6) is 0 Å². The maximum Gasteiger partial charge on any atom is 0.352 e. The predicted octanol–water partition coefficient (Wildman–Crippen LogP) is -0.841. The Hall–Kier alpha value is -7.58. The van der Waals surface area contributed by atoms with Crippen molar-refractivity contribution in [2.45, 2.75) is 19.3 Å². The van der Waals surface area contributed by atoms with Crippen LogP contribution in [-0.4, -0.2) is 133 Å². The third kappa shape index (κ3) is 15.8. The van der Waals surface area contributed by atoms with Crippen LogP contribution >= 0.6 is 0 Å². The minimum absolute atomic E-state index is 0.00293. The quantitative estimate of drug-likeness (QED) is 0.0223. The van der Waals surface area contributed by atoms with Crippen molar-refractivity contribution < 1.29 is 52.9 Å². The second-order valence-electron chi connectivity index (χ2n) is 13.6. The molecule has 26 nitrogen and oxygen atoms in total. The van der Waals surface area contributed by atoms with Crippen molar-refractivity contribution in [3.8, 4) is 0 Å². The topological polar surface area (TPSA) is 349 Å². The third-order valence-electron chi connectivity index (χ3n) is 8.47. The fourth-order valence-electron chi connectivity index (χ4n) is 5.51. The lowest BCUT2D eigenvalue weighted by Crippen LogP contribution is -2.31. The van der Waals surface area contributed by atoms with Gasteiger partial charge in [-0.25, -0.2) is 14.8 Å². The van der Waals surface area contributed by atoms with Crippen molar-refractivity contribution >= 4 is 76.2 Å². The summed E-state index contributed by atoms with van der Waals surface area (Å²) in [5.74, 6) is -3.89. The lowest BCUT2D eigenvalue weighted by Gasteiger charge is -2.07. The normalized spacial score (nSPS) is 10.8. The minimum atomic E-state index is -1.16. The van der Waals surface area contributed by atoms with Crippen molar-refractivity contribution in [3.05, 3.63) is 54.3 Å². The van der Waals surface area contributed by atoms with E-state index in [0.717, 1.165) is 0 Å². The number of hydrogen-bond acceptors (Lipinski definition) is 13. The summed E-state index contributed by atoms with van der Waals surface area (Å²) in [4.78, 5) is 99.1.